The maximum Gasteiger partial charge on any atom is 0.387 e. The molecule has 0 saturated carbocycles. The lowest BCUT2D eigenvalue weighted by molar-refractivity contribution is -0.0497. The van der Waals surface area contributed by atoms with Crippen LogP contribution in [0.4, 0.5) is 14.5 Å². The van der Waals surface area contributed by atoms with Gasteiger partial charge in [0, 0.05) is 11.7 Å². The van der Waals surface area contributed by atoms with Crippen molar-refractivity contribution in [3.63, 3.8) is 0 Å². The average Bonchev–Trinajstić information content (AvgIpc) is 2.34. The Balaban J connectivity index is 2.68. The molecule has 114 valence electrons. The van der Waals surface area contributed by atoms with Gasteiger partial charge in [-0.05, 0) is 25.5 Å². The van der Waals surface area contributed by atoms with Gasteiger partial charge in [0.2, 0.25) is 0 Å². The van der Waals surface area contributed by atoms with Crippen LogP contribution >= 0.6 is 23.2 Å². The molecule has 0 saturated heterocycles. The molecule has 1 aromatic rings. The molecule has 1 unspecified atom stereocenters. The number of hydrogen-bond donors (Lipinski definition) is 1. The number of halogens is 4. The van der Waals surface area contributed by atoms with Gasteiger partial charge in [0.05, 0.1) is 10.0 Å². The largest absolute Gasteiger partial charge is 0.432 e. The van der Waals surface area contributed by atoms with E-state index in [9.17, 15) is 8.78 Å². The van der Waals surface area contributed by atoms with Gasteiger partial charge in [-0.1, -0.05) is 49.4 Å². The molecule has 0 radical (unpaired) electrons. The van der Waals surface area contributed by atoms with Gasteiger partial charge in [0.15, 0.2) is 5.75 Å². The van der Waals surface area contributed by atoms with Gasteiger partial charge in [-0.3, -0.25) is 0 Å². The second-order valence-corrected chi connectivity index (χ2v) is 5.50. The second-order valence-electron chi connectivity index (χ2n) is 4.69. The van der Waals surface area contributed by atoms with E-state index in [4.69, 9.17) is 23.2 Å². The standard InChI is InChI=1S/C14H19Cl2F2NO/c1-3-4-5-6-9(2)19-10-7-11(15)13(12(16)8-10)20-14(17)18/h7-9,14,19H,3-6H2,1-2H3. The molecular formula is C14H19Cl2F2NO. The first-order chi connectivity index (χ1) is 9.43. The Kier molecular flexibility index (Phi) is 7.38. The van der Waals surface area contributed by atoms with E-state index in [0.717, 1.165) is 12.8 Å². The van der Waals surface area contributed by atoms with E-state index in [1.165, 1.54) is 12.8 Å². The minimum atomic E-state index is -2.95. The second kappa shape index (κ2) is 8.53. The highest BCUT2D eigenvalue weighted by Crippen LogP contribution is 2.37. The molecule has 0 heterocycles. The lowest BCUT2D eigenvalue weighted by Crippen LogP contribution is -2.15. The van der Waals surface area contributed by atoms with Crippen LogP contribution in [-0.4, -0.2) is 12.7 Å². The van der Waals surface area contributed by atoms with Gasteiger partial charge < -0.3 is 10.1 Å². The summed E-state index contributed by atoms with van der Waals surface area (Å²) in [7, 11) is 0. The maximum atomic E-state index is 12.2. The summed E-state index contributed by atoms with van der Waals surface area (Å²) in [6.45, 7) is 1.26. The summed E-state index contributed by atoms with van der Waals surface area (Å²) in [5.41, 5.74) is 0.700. The molecule has 0 amide bonds. The van der Waals surface area contributed by atoms with Crippen molar-refractivity contribution in [1.82, 2.24) is 0 Å². The fourth-order valence-corrected chi connectivity index (χ4v) is 2.48. The Labute approximate surface area is 128 Å². The lowest BCUT2D eigenvalue weighted by Gasteiger charge is -2.17. The minimum absolute atomic E-state index is 0.0704. The fourth-order valence-electron chi connectivity index (χ4n) is 1.90. The van der Waals surface area contributed by atoms with E-state index in [1.54, 1.807) is 12.1 Å². The number of alkyl halides is 2. The van der Waals surface area contributed by atoms with Gasteiger partial charge >= 0.3 is 6.61 Å². The van der Waals surface area contributed by atoms with Crippen LogP contribution in [0.3, 0.4) is 0 Å². The molecule has 1 N–H and O–H groups in total. The van der Waals surface area contributed by atoms with E-state index < -0.39 is 6.61 Å². The molecule has 0 fully saturated rings. The van der Waals surface area contributed by atoms with Crippen molar-refractivity contribution in [2.45, 2.75) is 52.2 Å². The zero-order valence-electron chi connectivity index (χ0n) is 11.6. The van der Waals surface area contributed by atoms with Crippen molar-refractivity contribution < 1.29 is 13.5 Å². The maximum absolute atomic E-state index is 12.2. The number of unbranched alkanes of at least 4 members (excludes halogenated alkanes) is 2. The third-order valence-electron chi connectivity index (χ3n) is 2.86. The molecule has 0 aliphatic rings. The highest BCUT2D eigenvalue weighted by atomic mass is 35.5. The van der Waals surface area contributed by atoms with Crippen molar-refractivity contribution in [2.75, 3.05) is 5.32 Å². The molecule has 0 aliphatic heterocycles. The Hall–Kier alpha value is -0.740. The minimum Gasteiger partial charge on any atom is -0.432 e. The third-order valence-corrected chi connectivity index (χ3v) is 3.42. The van der Waals surface area contributed by atoms with Gasteiger partial charge in [0.1, 0.15) is 0 Å². The Morgan fingerprint density at radius 2 is 1.80 bits per heavy atom. The van der Waals surface area contributed by atoms with E-state index in [1.807, 2.05) is 0 Å². The van der Waals surface area contributed by atoms with E-state index in [-0.39, 0.29) is 21.8 Å². The van der Waals surface area contributed by atoms with Crippen molar-refractivity contribution in [1.29, 1.82) is 0 Å². The SMILES string of the molecule is CCCCCC(C)Nc1cc(Cl)c(OC(F)F)c(Cl)c1. The van der Waals surface area contributed by atoms with Crippen molar-refractivity contribution >= 4 is 28.9 Å². The Bertz CT molecular complexity index is 407. The zero-order valence-corrected chi connectivity index (χ0v) is 13.1. The highest BCUT2D eigenvalue weighted by Gasteiger charge is 2.15. The lowest BCUT2D eigenvalue weighted by atomic mass is 10.1. The fraction of sp³-hybridized carbons (Fsp3) is 0.571. The van der Waals surface area contributed by atoms with Crippen LogP contribution in [0.2, 0.25) is 10.0 Å². The summed E-state index contributed by atoms with van der Waals surface area (Å²) in [6, 6.07) is 3.35. The van der Waals surface area contributed by atoms with Crippen LogP contribution in [0, 0.1) is 0 Å². The van der Waals surface area contributed by atoms with Crippen LogP contribution in [0.5, 0.6) is 5.75 Å². The predicted octanol–water partition coefficient (Wildman–Crippen LogP) is 5.98. The number of benzene rings is 1. The molecule has 1 rings (SSSR count). The first-order valence-corrected chi connectivity index (χ1v) is 7.40. The average molecular weight is 326 g/mol. The van der Waals surface area contributed by atoms with Crippen molar-refractivity contribution in [2.24, 2.45) is 0 Å². The molecule has 1 atom stereocenters. The van der Waals surface area contributed by atoms with E-state index in [2.05, 4.69) is 23.9 Å². The van der Waals surface area contributed by atoms with Crippen LogP contribution in [0.25, 0.3) is 0 Å². The summed E-state index contributed by atoms with van der Waals surface area (Å²) in [5, 5.41) is 3.39. The van der Waals surface area contributed by atoms with E-state index in [0.29, 0.717) is 5.69 Å². The molecule has 6 heteroatoms. The van der Waals surface area contributed by atoms with Crippen molar-refractivity contribution in [3.05, 3.63) is 22.2 Å². The Morgan fingerprint density at radius 3 is 2.30 bits per heavy atom. The molecule has 1 aromatic carbocycles. The molecule has 0 aliphatic carbocycles. The van der Waals surface area contributed by atoms with Crippen LogP contribution in [0.1, 0.15) is 39.5 Å². The molecule has 0 aromatic heterocycles. The Morgan fingerprint density at radius 1 is 1.20 bits per heavy atom. The summed E-state index contributed by atoms with van der Waals surface area (Å²) >= 11 is 11.8. The number of anilines is 1. The highest BCUT2D eigenvalue weighted by molar-refractivity contribution is 6.37. The van der Waals surface area contributed by atoms with Crippen molar-refractivity contribution in [3.8, 4) is 5.75 Å². The van der Waals surface area contributed by atoms with Gasteiger partial charge in [-0.15, -0.1) is 0 Å². The normalized spacial score (nSPS) is 12.6. The van der Waals surface area contributed by atoms with Gasteiger partial charge in [0.25, 0.3) is 0 Å². The number of hydrogen-bond acceptors (Lipinski definition) is 2. The number of rotatable bonds is 8. The van der Waals surface area contributed by atoms with Gasteiger partial charge in [-0.2, -0.15) is 8.78 Å². The monoisotopic (exact) mass is 325 g/mol. The molecule has 0 bridgehead atoms. The number of nitrogens with one attached hydrogen (secondary N) is 1. The smallest absolute Gasteiger partial charge is 0.387 e. The molecule has 0 spiro atoms. The summed E-state index contributed by atoms with van der Waals surface area (Å²) in [5.74, 6) is -0.187. The quantitative estimate of drug-likeness (QED) is 0.594. The van der Waals surface area contributed by atoms with Crippen LogP contribution < -0.4 is 10.1 Å². The zero-order chi connectivity index (χ0) is 15.1. The molecular weight excluding hydrogens is 307 g/mol. The van der Waals surface area contributed by atoms with E-state index >= 15 is 0 Å². The summed E-state index contributed by atoms with van der Waals surface area (Å²) in [6.07, 6.45) is 4.52. The summed E-state index contributed by atoms with van der Waals surface area (Å²) < 4.78 is 28.7. The molecule has 2 nitrogen and oxygen atoms in total. The first-order valence-electron chi connectivity index (χ1n) is 6.64. The topological polar surface area (TPSA) is 21.3 Å². The number of ether oxygens (including phenoxy) is 1. The molecule has 20 heavy (non-hydrogen) atoms. The van der Waals surface area contributed by atoms with Gasteiger partial charge in [-0.25, -0.2) is 0 Å². The van der Waals surface area contributed by atoms with Crippen LogP contribution in [-0.2, 0) is 0 Å². The summed E-state index contributed by atoms with van der Waals surface area (Å²) in [4.78, 5) is 0. The third kappa shape index (κ3) is 5.71. The van der Waals surface area contributed by atoms with Crippen LogP contribution in [0.15, 0.2) is 12.1 Å². The first kappa shape index (κ1) is 17.3. The predicted molar refractivity (Wildman–Crippen MR) is 80.3 cm³/mol.